The number of aliphatic hydroxyl groups is 1. The molecule has 0 saturated heterocycles. The topological polar surface area (TPSA) is 61.4 Å². The number of nitrogens with one attached hydrogen (secondary N) is 2. The molecular weight excluding hydrogens is 430 g/mol. The molecule has 170 valence electrons. The smallest absolute Gasteiger partial charge is 0.261 e. The zero-order valence-corrected chi connectivity index (χ0v) is 19.0. The van der Waals surface area contributed by atoms with E-state index in [-0.39, 0.29) is 18.9 Å². The summed E-state index contributed by atoms with van der Waals surface area (Å²) in [6.45, 7) is 4.77. The molecule has 32 heavy (non-hydrogen) atoms. The van der Waals surface area contributed by atoms with Gasteiger partial charge in [-0.15, -0.1) is 11.3 Å². The van der Waals surface area contributed by atoms with Gasteiger partial charge in [0.1, 0.15) is 11.6 Å². The summed E-state index contributed by atoms with van der Waals surface area (Å²) in [5.74, 6) is -1.70. The Morgan fingerprint density at radius 1 is 1.03 bits per heavy atom. The number of hydrogen-bond donors (Lipinski definition) is 3. The fraction of sp³-hybridized carbons (Fsp3) is 0.320. The lowest BCUT2D eigenvalue weighted by molar-refractivity contribution is 0.0833. The molecule has 0 aliphatic heterocycles. The number of thiophene rings is 1. The molecule has 0 aliphatic rings. The number of halogens is 2. The molecule has 2 aromatic carbocycles. The lowest BCUT2D eigenvalue weighted by atomic mass is 10.0. The van der Waals surface area contributed by atoms with E-state index in [4.69, 9.17) is 0 Å². The third kappa shape index (κ3) is 6.95. The number of carbonyl (C=O) groups excluding carboxylic acids is 1. The average molecular weight is 459 g/mol. The van der Waals surface area contributed by atoms with Crippen LogP contribution in [0, 0.1) is 18.6 Å². The van der Waals surface area contributed by atoms with Crippen LogP contribution in [-0.4, -0.2) is 29.7 Å². The standard InChI is InChI=1S/C25H28F2N2O2S/c1-3-17-5-4-6-18(9-17)14-28-15-23(30)22(12-19-10-20(26)13-21(27)11-19)29-25(31)24-8-7-16(2)32-24/h4-11,13,22-23,28,30H,3,12,14-15H2,1-2H3,(H,29,31)/t22-,23-/m0/s1. The minimum Gasteiger partial charge on any atom is -0.390 e. The predicted octanol–water partition coefficient (Wildman–Crippen LogP) is 4.39. The van der Waals surface area contributed by atoms with Crippen LogP contribution in [0.3, 0.4) is 0 Å². The lowest BCUT2D eigenvalue weighted by Gasteiger charge is -2.25. The molecule has 4 nitrogen and oxygen atoms in total. The normalized spacial score (nSPS) is 13.0. The first-order valence-corrected chi connectivity index (χ1v) is 11.4. The second-order valence-corrected chi connectivity index (χ2v) is 9.13. The molecule has 2 atom stereocenters. The van der Waals surface area contributed by atoms with Crippen molar-refractivity contribution in [1.29, 1.82) is 0 Å². The van der Waals surface area contributed by atoms with Gasteiger partial charge < -0.3 is 15.7 Å². The molecule has 1 amide bonds. The Kier molecular flexibility index (Phi) is 8.50. The summed E-state index contributed by atoms with van der Waals surface area (Å²) in [4.78, 5) is 14.2. The third-order valence-electron chi connectivity index (χ3n) is 5.21. The predicted molar refractivity (Wildman–Crippen MR) is 124 cm³/mol. The van der Waals surface area contributed by atoms with Crippen molar-refractivity contribution in [1.82, 2.24) is 10.6 Å². The summed E-state index contributed by atoms with van der Waals surface area (Å²) in [5.41, 5.74) is 2.69. The van der Waals surface area contributed by atoms with Crippen molar-refractivity contribution in [3.05, 3.63) is 92.7 Å². The van der Waals surface area contributed by atoms with Gasteiger partial charge in [0, 0.05) is 24.0 Å². The Morgan fingerprint density at radius 2 is 1.75 bits per heavy atom. The van der Waals surface area contributed by atoms with E-state index in [0.29, 0.717) is 17.0 Å². The molecule has 1 heterocycles. The van der Waals surface area contributed by atoms with E-state index in [1.54, 1.807) is 6.07 Å². The van der Waals surface area contributed by atoms with Crippen LogP contribution in [0.15, 0.2) is 54.6 Å². The van der Waals surface area contributed by atoms with E-state index in [1.165, 1.54) is 29.0 Å². The highest BCUT2D eigenvalue weighted by Crippen LogP contribution is 2.17. The summed E-state index contributed by atoms with van der Waals surface area (Å²) >= 11 is 1.35. The SMILES string of the molecule is CCc1cccc(CNC[C@H](O)[C@H](Cc2cc(F)cc(F)c2)NC(=O)c2ccc(C)s2)c1. The Balaban J connectivity index is 1.68. The van der Waals surface area contributed by atoms with Crippen molar-refractivity contribution >= 4 is 17.2 Å². The van der Waals surface area contributed by atoms with Gasteiger partial charge >= 0.3 is 0 Å². The molecule has 0 aliphatic carbocycles. The van der Waals surface area contributed by atoms with E-state index in [9.17, 15) is 18.7 Å². The highest BCUT2D eigenvalue weighted by molar-refractivity contribution is 7.13. The zero-order valence-electron chi connectivity index (χ0n) is 18.2. The molecule has 3 N–H and O–H groups in total. The van der Waals surface area contributed by atoms with Gasteiger partial charge in [-0.1, -0.05) is 31.2 Å². The molecule has 0 bridgehead atoms. The fourth-order valence-corrected chi connectivity index (χ4v) is 4.30. The number of rotatable bonds is 10. The Hall–Kier alpha value is -2.61. The molecule has 7 heteroatoms. The molecular formula is C25H28F2N2O2S. The maximum Gasteiger partial charge on any atom is 0.261 e. The summed E-state index contributed by atoms with van der Waals surface area (Å²) in [6, 6.07) is 14.2. The highest BCUT2D eigenvalue weighted by atomic mass is 32.1. The van der Waals surface area contributed by atoms with Gasteiger partial charge in [0.2, 0.25) is 0 Å². The third-order valence-corrected chi connectivity index (χ3v) is 6.20. The summed E-state index contributed by atoms with van der Waals surface area (Å²) in [5, 5.41) is 16.9. The average Bonchev–Trinajstić information content (AvgIpc) is 3.19. The molecule has 3 rings (SSSR count). The van der Waals surface area contributed by atoms with Crippen molar-refractivity contribution in [3.8, 4) is 0 Å². The second kappa shape index (κ2) is 11.3. The number of aryl methyl sites for hydroxylation is 2. The number of benzene rings is 2. The number of amides is 1. The summed E-state index contributed by atoms with van der Waals surface area (Å²) in [7, 11) is 0. The van der Waals surface area contributed by atoms with Crippen LogP contribution in [-0.2, 0) is 19.4 Å². The van der Waals surface area contributed by atoms with Crippen LogP contribution in [0.1, 0.15) is 38.2 Å². The van der Waals surface area contributed by atoms with Crippen molar-refractivity contribution in [3.63, 3.8) is 0 Å². The zero-order chi connectivity index (χ0) is 23.1. The maximum atomic E-state index is 13.7. The first-order valence-electron chi connectivity index (χ1n) is 10.6. The van der Waals surface area contributed by atoms with E-state index in [2.05, 4.69) is 29.7 Å². The van der Waals surface area contributed by atoms with Crippen LogP contribution in [0.4, 0.5) is 8.78 Å². The number of hydrogen-bond acceptors (Lipinski definition) is 4. The molecule has 0 saturated carbocycles. The van der Waals surface area contributed by atoms with E-state index in [1.807, 2.05) is 25.1 Å². The molecule has 0 unspecified atom stereocenters. The van der Waals surface area contributed by atoms with Gasteiger partial charge in [0.25, 0.3) is 5.91 Å². The minimum absolute atomic E-state index is 0.0962. The number of carbonyl (C=O) groups is 1. The Bertz CT molecular complexity index is 1030. The molecule has 0 fully saturated rings. The van der Waals surface area contributed by atoms with Gasteiger partial charge in [0.05, 0.1) is 17.0 Å². The van der Waals surface area contributed by atoms with E-state index in [0.717, 1.165) is 22.9 Å². The van der Waals surface area contributed by atoms with Crippen LogP contribution < -0.4 is 10.6 Å². The van der Waals surface area contributed by atoms with Crippen LogP contribution in [0.5, 0.6) is 0 Å². The van der Waals surface area contributed by atoms with Crippen LogP contribution >= 0.6 is 11.3 Å². The van der Waals surface area contributed by atoms with Crippen LogP contribution in [0.25, 0.3) is 0 Å². The largest absolute Gasteiger partial charge is 0.390 e. The molecule has 0 spiro atoms. The van der Waals surface area contributed by atoms with Gasteiger partial charge in [0.15, 0.2) is 0 Å². The first-order chi connectivity index (χ1) is 15.3. The van der Waals surface area contributed by atoms with Crippen molar-refractivity contribution in [2.75, 3.05) is 6.54 Å². The van der Waals surface area contributed by atoms with Crippen LogP contribution in [0.2, 0.25) is 0 Å². The fourth-order valence-electron chi connectivity index (χ4n) is 3.53. The summed E-state index contributed by atoms with van der Waals surface area (Å²) < 4.78 is 27.3. The first kappa shape index (κ1) is 24.0. The Labute approximate surface area is 191 Å². The van der Waals surface area contributed by atoms with E-state index < -0.39 is 23.8 Å². The lowest BCUT2D eigenvalue weighted by Crippen LogP contribution is -2.48. The minimum atomic E-state index is -0.958. The monoisotopic (exact) mass is 458 g/mol. The van der Waals surface area contributed by atoms with Crippen molar-refractivity contribution in [2.24, 2.45) is 0 Å². The van der Waals surface area contributed by atoms with Gasteiger partial charge in [-0.2, -0.15) is 0 Å². The maximum absolute atomic E-state index is 13.7. The second-order valence-electron chi connectivity index (χ2n) is 7.84. The van der Waals surface area contributed by atoms with Crippen molar-refractivity contribution < 1.29 is 18.7 Å². The van der Waals surface area contributed by atoms with Crippen molar-refractivity contribution in [2.45, 2.75) is 45.4 Å². The number of aliphatic hydroxyl groups excluding tert-OH is 1. The van der Waals surface area contributed by atoms with Gasteiger partial charge in [-0.05, 0) is 60.7 Å². The summed E-state index contributed by atoms with van der Waals surface area (Å²) in [6.07, 6.45) is 0.0799. The van der Waals surface area contributed by atoms with Gasteiger partial charge in [-0.25, -0.2) is 8.78 Å². The molecule has 1 aromatic heterocycles. The van der Waals surface area contributed by atoms with E-state index >= 15 is 0 Å². The van der Waals surface area contributed by atoms with Gasteiger partial charge in [-0.3, -0.25) is 4.79 Å². The highest BCUT2D eigenvalue weighted by Gasteiger charge is 2.23. The quantitative estimate of drug-likeness (QED) is 0.422. The Morgan fingerprint density at radius 3 is 2.41 bits per heavy atom. The molecule has 3 aromatic rings. The molecule has 0 radical (unpaired) electrons.